The molecule has 1 N–H and O–H groups in total. The second-order valence-corrected chi connectivity index (χ2v) is 6.49. The highest BCUT2D eigenvalue weighted by molar-refractivity contribution is 5.78. The first-order chi connectivity index (χ1) is 11.1. The number of carbonyl (C=O) groups excluding carboxylic acids is 1. The number of carbonyl (C=O) groups is 1. The molecule has 5 nitrogen and oxygen atoms in total. The first-order valence-corrected chi connectivity index (χ1v) is 8.40. The standard InChI is InChI=1S/C18H29N3O2/c1-15(9-12-23-17-7-5-4-6-8-17)18(22)19-13-16-14-20(2)10-11-21(16)3/h4-8,15-16H,9-14H2,1-3H3,(H,19,22)/t15-,16-/m0/s1. The Balaban J connectivity index is 1.66. The van der Waals surface area contributed by atoms with Crippen molar-refractivity contribution >= 4 is 5.91 Å². The van der Waals surface area contributed by atoms with E-state index in [0.29, 0.717) is 19.2 Å². The number of benzene rings is 1. The Morgan fingerprint density at radius 3 is 2.78 bits per heavy atom. The summed E-state index contributed by atoms with van der Waals surface area (Å²) in [4.78, 5) is 16.9. The summed E-state index contributed by atoms with van der Waals surface area (Å²) in [6.45, 7) is 6.38. The zero-order valence-electron chi connectivity index (χ0n) is 14.5. The lowest BCUT2D eigenvalue weighted by atomic mass is 10.1. The van der Waals surface area contributed by atoms with Gasteiger partial charge in [0.2, 0.25) is 5.91 Å². The number of ether oxygens (including phenoxy) is 1. The molecular weight excluding hydrogens is 290 g/mol. The maximum atomic E-state index is 12.2. The molecule has 0 aromatic heterocycles. The minimum absolute atomic E-state index is 0.0367. The van der Waals surface area contributed by atoms with E-state index in [9.17, 15) is 4.79 Å². The molecule has 1 aliphatic rings. The predicted octanol–water partition coefficient (Wildman–Crippen LogP) is 1.45. The number of likely N-dealkylation sites (N-methyl/N-ethyl adjacent to an activating group) is 2. The molecular formula is C18H29N3O2. The van der Waals surface area contributed by atoms with Crippen LogP contribution in [0.25, 0.3) is 0 Å². The summed E-state index contributed by atoms with van der Waals surface area (Å²) in [6.07, 6.45) is 0.723. The van der Waals surface area contributed by atoms with Crippen molar-refractivity contribution in [3.8, 4) is 5.75 Å². The van der Waals surface area contributed by atoms with Gasteiger partial charge in [-0.05, 0) is 32.6 Å². The number of piperazine rings is 1. The van der Waals surface area contributed by atoms with Gasteiger partial charge in [-0.1, -0.05) is 25.1 Å². The highest BCUT2D eigenvalue weighted by Crippen LogP contribution is 2.11. The first-order valence-electron chi connectivity index (χ1n) is 8.40. The van der Waals surface area contributed by atoms with Gasteiger partial charge >= 0.3 is 0 Å². The van der Waals surface area contributed by atoms with Crippen LogP contribution in [0.1, 0.15) is 13.3 Å². The van der Waals surface area contributed by atoms with Gasteiger partial charge in [0.15, 0.2) is 0 Å². The number of hydrogen-bond donors (Lipinski definition) is 1. The summed E-state index contributed by atoms with van der Waals surface area (Å²) in [6, 6.07) is 10.1. The molecule has 1 aliphatic heterocycles. The predicted molar refractivity (Wildman–Crippen MR) is 92.6 cm³/mol. The quantitative estimate of drug-likeness (QED) is 0.826. The van der Waals surface area contributed by atoms with Crippen LogP contribution in [0.3, 0.4) is 0 Å². The Morgan fingerprint density at radius 2 is 2.04 bits per heavy atom. The summed E-state index contributed by atoms with van der Waals surface area (Å²) in [5, 5.41) is 3.09. The Hall–Kier alpha value is -1.59. The molecule has 128 valence electrons. The van der Waals surface area contributed by atoms with Crippen molar-refractivity contribution in [3.05, 3.63) is 30.3 Å². The van der Waals surface area contributed by atoms with Gasteiger partial charge in [0, 0.05) is 38.1 Å². The third kappa shape index (κ3) is 5.84. The maximum absolute atomic E-state index is 12.2. The summed E-state index contributed by atoms with van der Waals surface area (Å²) < 4.78 is 5.66. The van der Waals surface area contributed by atoms with Crippen molar-refractivity contribution in [1.29, 1.82) is 0 Å². The Labute approximate surface area is 139 Å². The smallest absolute Gasteiger partial charge is 0.223 e. The fraction of sp³-hybridized carbons (Fsp3) is 0.611. The second kappa shape index (κ2) is 8.89. The zero-order chi connectivity index (χ0) is 16.7. The van der Waals surface area contributed by atoms with Crippen LogP contribution in [-0.4, -0.2) is 68.6 Å². The number of nitrogens with zero attached hydrogens (tertiary/aromatic N) is 2. The summed E-state index contributed by atoms with van der Waals surface area (Å²) in [5.74, 6) is 0.931. The Kier molecular flexibility index (Phi) is 6.86. The lowest BCUT2D eigenvalue weighted by Crippen LogP contribution is -2.54. The third-order valence-corrected chi connectivity index (χ3v) is 4.50. The van der Waals surface area contributed by atoms with Gasteiger partial charge < -0.3 is 15.0 Å². The number of amides is 1. The van der Waals surface area contributed by atoms with Crippen molar-refractivity contribution in [2.24, 2.45) is 5.92 Å². The van der Waals surface area contributed by atoms with E-state index in [2.05, 4.69) is 29.2 Å². The fourth-order valence-corrected chi connectivity index (χ4v) is 2.72. The molecule has 0 saturated carbocycles. The van der Waals surface area contributed by atoms with E-state index in [1.54, 1.807) is 0 Å². The minimum Gasteiger partial charge on any atom is -0.494 e. The fourth-order valence-electron chi connectivity index (χ4n) is 2.72. The molecule has 0 unspecified atom stereocenters. The van der Waals surface area contributed by atoms with E-state index in [4.69, 9.17) is 4.74 Å². The van der Waals surface area contributed by atoms with Gasteiger partial charge in [-0.15, -0.1) is 0 Å². The van der Waals surface area contributed by atoms with Crippen LogP contribution < -0.4 is 10.1 Å². The number of para-hydroxylation sites is 1. The van der Waals surface area contributed by atoms with Gasteiger partial charge in [-0.3, -0.25) is 9.69 Å². The highest BCUT2D eigenvalue weighted by atomic mass is 16.5. The molecule has 23 heavy (non-hydrogen) atoms. The largest absolute Gasteiger partial charge is 0.494 e. The summed E-state index contributed by atoms with van der Waals surface area (Å²) >= 11 is 0. The first kappa shape index (κ1) is 17.8. The van der Waals surface area contributed by atoms with Gasteiger partial charge in [0.25, 0.3) is 0 Å². The molecule has 1 fully saturated rings. The zero-order valence-corrected chi connectivity index (χ0v) is 14.5. The van der Waals surface area contributed by atoms with Crippen molar-refractivity contribution in [3.63, 3.8) is 0 Å². The molecule has 1 saturated heterocycles. The van der Waals surface area contributed by atoms with E-state index in [1.165, 1.54) is 0 Å². The van der Waals surface area contributed by atoms with Gasteiger partial charge in [0.1, 0.15) is 5.75 Å². The molecule has 0 radical (unpaired) electrons. The lowest BCUT2D eigenvalue weighted by Gasteiger charge is -2.37. The van der Waals surface area contributed by atoms with Crippen LogP contribution in [0.5, 0.6) is 5.75 Å². The van der Waals surface area contributed by atoms with Crippen LogP contribution in [0.15, 0.2) is 30.3 Å². The van der Waals surface area contributed by atoms with Crippen molar-refractivity contribution in [1.82, 2.24) is 15.1 Å². The lowest BCUT2D eigenvalue weighted by molar-refractivity contribution is -0.125. The van der Waals surface area contributed by atoms with Crippen molar-refractivity contribution < 1.29 is 9.53 Å². The average molecular weight is 319 g/mol. The van der Waals surface area contributed by atoms with E-state index in [0.717, 1.165) is 31.8 Å². The number of rotatable bonds is 7. The van der Waals surface area contributed by atoms with Crippen molar-refractivity contribution in [2.75, 3.05) is 46.9 Å². The van der Waals surface area contributed by atoms with Crippen LogP contribution in [0.2, 0.25) is 0 Å². The van der Waals surface area contributed by atoms with Gasteiger partial charge in [-0.25, -0.2) is 0 Å². The van der Waals surface area contributed by atoms with Crippen LogP contribution in [0.4, 0.5) is 0 Å². The Morgan fingerprint density at radius 1 is 1.30 bits per heavy atom. The average Bonchev–Trinajstić information content (AvgIpc) is 2.56. The van der Waals surface area contributed by atoms with E-state index < -0.39 is 0 Å². The topological polar surface area (TPSA) is 44.8 Å². The van der Waals surface area contributed by atoms with Gasteiger partial charge in [0.05, 0.1) is 6.61 Å². The maximum Gasteiger partial charge on any atom is 0.223 e. The van der Waals surface area contributed by atoms with E-state index >= 15 is 0 Å². The third-order valence-electron chi connectivity index (χ3n) is 4.50. The Bertz CT molecular complexity index is 480. The molecule has 1 aromatic rings. The van der Waals surface area contributed by atoms with Crippen LogP contribution in [-0.2, 0) is 4.79 Å². The molecule has 0 bridgehead atoms. The van der Waals surface area contributed by atoms with Crippen molar-refractivity contribution in [2.45, 2.75) is 19.4 Å². The van der Waals surface area contributed by atoms with E-state index in [-0.39, 0.29) is 11.8 Å². The summed E-state index contributed by atoms with van der Waals surface area (Å²) in [5.41, 5.74) is 0. The van der Waals surface area contributed by atoms with Crippen LogP contribution in [0, 0.1) is 5.92 Å². The molecule has 1 amide bonds. The molecule has 2 rings (SSSR count). The SMILES string of the molecule is C[C@@H](CCOc1ccccc1)C(=O)NC[C@H]1CN(C)CCN1C. The second-order valence-electron chi connectivity index (χ2n) is 6.49. The van der Waals surface area contributed by atoms with E-state index in [1.807, 2.05) is 37.3 Å². The van der Waals surface area contributed by atoms with Crippen LogP contribution >= 0.6 is 0 Å². The monoisotopic (exact) mass is 319 g/mol. The molecule has 1 heterocycles. The summed E-state index contributed by atoms with van der Waals surface area (Å²) in [7, 11) is 4.26. The molecule has 5 heteroatoms. The highest BCUT2D eigenvalue weighted by Gasteiger charge is 2.23. The minimum atomic E-state index is -0.0367. The molecule has 1 aromatic carbocycles. The molecule has 2 atom stereocenters. The molecule has 0 aliphatic carbocycles. The number of nitrogens with one attached hydrogen (secondary N) is 1. The van der Waals surface area contributed by atoms with Gasteiger partial charge in [-0.2, -0.15) is 0 Å². The number of hydrogen-bond acceptors (Lipinski definition) is 4. The molecule has 0 spiro atoms. The normalized spacial score (nSPS) is 20.9.